The van der Waals surface area contributed by atoms with Gasteiger partial charge < -0.3 is 20.3 Å². The summed E-state index contributed by atoms with van der Waals surface area (Å²) in [6.45, 7) is 10.4. The first-order chi connectivity index (χ1) is 14.8. The zero-order valence-corrected chi connectivity index (χ0v) is 18.7. The van der Waals surface area contributed by atoms with Crippen LogP contribution in [-0.2, 0) is 32.2 Å². The van der Waals surface area contributed by atoms with E-state index in [0.29, 0.717) is 12.3 Å². The van der Waals surface area contributed by atoms with Crippen LogP contribution in [0.15, 0.2) is 12.4 Å². The highest BCUT2D eigenvalue weighted by Crippen LogP contribution is 2.40. The van der Waals surface area contributed by atoms with E-state index in [1.807, 2.05) is 24.7 Å². The lowest BCUT2D eigenvalue weighted by Crippen LogP contribution is -2.43. The first-order valence-corrected chi connectivity index (χ1v) is 10.6. The molecule has 1 aromatic rings. The Bertz CT molecular complexity index is 665. The molecule has 31 heavy (non-hydrogen) atoms. The maximum Gasteiger partial charge on any atom is 0.290 e. The molecule has 2 saturated heterocycles. The number of nitrogens with one attached hydrogen (secondary N) is 1. The number of ether oxygens (including phenoxy) is 1. The minimum absolute atomic E-state index is 0.00682. The number of hydrogen-bond acceptors (Lipinski definition) is 6. The van der Waals surface area contributed by atoms with E-state index in [-0.39, 0.29) is 30.5 Å². The molecule has 0 bridgehead atoms. The lowest BCUT2D eigenvalue weighted by Gasteiger charge is -2.38. The Morgan fingerprint density at radius 2 is 1.94 bits per heavy atom. The Kier molecular flexibility index (Phi) is 11.8. The van der Waals surface area contributed by atoms with Gasteiger partial charge in [0.05, 0.1) is 18.4 Å². The van der Waals surface area contributed by atoms with Crippen LogP contribution in [0.1, 0.15) is 52.0 Å². The molecule has 1 unspecified atom stereocenters. The van der Waals surface area contributed by atoms with E-state index >= 15 is 0 Å². The molecular weight excluding hydrogens is 404 g/mol. The normalized spacial score (nSPS) is 19.7. The average molecular weight is 441 g/mol. The summed E-state index contributed by atoms with van der Waals surface area (Å²) >= 11 is 0. The molecule has 0 saturated carbocycles. The summed E-state index contributed by atoms with van der Waals surface area (Å²) in [5, 5.41) is 21.1. The van der Waals surface area contributed by atoms with Crippen LogP contribution in [0.3, 0.4) is 0 Å². The van der Waals surface area contributed by atoms with Crippen molar-refractivity contribution in [2.45, 2.75) is 71.2 Å². The fraction of sp³-hybridized carbons (Fsp3) is 0.714. The Balaban J connectivity index is 0.000000720. The summed E-state index contributed by atoms with van der Waals surface area (Å²) < 4.78 is 8.18. The number of nitrogens with zero attached hydrogens (tertiary/aromatic N) is 3. The zero-order valence-electron chi connectivity index (χ0n) is 18.7. The number of piperidine rings is 1. The highest BCUT2D eigenvalue weighted by atomic mass is 16.5. The fourth-order valence-electron chi connectivity index (χ4n) is 4.10. The van der Waals surface area contributed by atoms with Crippen molar-refractivity contribution in [2.24, 2.45) is 5.92 Å². The van der Waals surface area contributed by atoms with Crippen LogP contribution in [0.5, 0.6) is 0 Å². The first kappa shape index (κ1) is 26.6. The van der Waals surface area contributed by atoms with E-state index in [9.17, 15) is 4.79 Å². The zero-order chi connectivity index (χ0) is 23.3. The van der Waals surface area contributed by atoms with Crippen LogP contribution < -0.4 is 5.32 Å². The number of carbonyl (C=O) groups is 3. The van der Waals surface area contributed by atoms with Crippen LogP contribution in [0, 0.1) is 5.92 Å². The second-order valence-electron chi connectivity index (χ2n) is 8.18. The van der Waals surface area contributed by atoms with Crippen LogP contribution in [0.2, 0.25) is 0 Å². The van der Waals surface area contributed by atoms with Gasteiger partial charge in [-0.05, 0) is 46.0 Å². The number of aromatic nitrogens is 2. The molecule has 3 N–H and O–H groups in total. The maximum atomic E-state index is 12.0. The van der Waals surface area contributed by atoms with E-state index in [1.54, 1.807) is 0 Å². The second-order valence-corrected chi connectivity index (χ2v) is 8.18. The van der Waals surface area contributed by atoms with E-state index in [0.717, 1.165) is 52.0 Å². The molecule has 2 fully saturated rings. The number of aryl methyl sites for hydroxylation is 1. The molecule has 0 aromatic carbocycles. The molecule has 1 spiro atoms. The van der Waals surface area contributed by atoms with Crippen LogP contribution in [0.25, 0.3) is 0 Å². The number of rotatable bonds is 6. The SMILES string of the molecule is CCn1cc(CN2CCC3(CC2)CC(CC(=O)NC(C)C)CO3)cn1.O=CO.O=CO. The van der Waals surface area contributed by atoms with Gasteiger partial charge >= 0.3 is 0 Å². The van der Waals surface area contributed by atoms with Gasteiger partial charge in [-0.3, -0.25) is 24.0 Å². The van der Waals surface area contributed by atoms with Gasteiger partial charge in [0, 0.05) is 50.4 Å². The van der Waals surface area contributed by atoms with Crippen LogP contribution in [-0.4, -0.2) is 75.1 Å². The molecule has 176 valence electrons. The third-order valence-electron chi connectivity index (χ3n) is 5.39. The van der Waals surface area contributed by atoms with Crippen molar-refractivity contribution in [2.75, 3.05) is 19.7 Å². The van der Waals surface area contributed by atoms with Gasteiger partial charge in [-0.2, -0.15) is 5.10 Å². The Morgan fingerprint density at radius 1 is 1.32 bits per heavy atom. The van der Waals surface area contributed by atoms with Crippen LogP contribution >= 0.6 is 0 Å². The van der Waals surface area contributed by atoms with E-state index in [4.69, 9.17) is 24.5 Å². The molecule has 0 radical (unpaired) electrons. The number of hydrogen-bond donors (Lipinski definition) is 3. The van der Waals surface area contributed by atoms with Gasteiger partial charge in [-0.25, -0.2) is 0 Å². The number of carboxylic acid groups (broad SMARTS) is 2. The number of carbonyl (C=O) groups excluding carboxylic acids is 1. The van der Waals surface area contributed by atoms with Gasteiger partial charge in [0.15, 0.2) is 0 Å². The van der Waals surface area contributed by atoms with Crippen molar-refractivity contribution >= 4 is 18.9 Å². The molecule has 3 rings (SSSR count). The van der Waals surface area contributed by atoms with E-state index < -0.39 is 0 Å². The third-order valence-corrected chi connectivity index (χ3v) is 5.39. The van der Waals surface area contributed by atoms with Gasteiger partial charge in [0.2, 0.25) is 5.91 Å². The minimum Gasteiger partial charge on any atom is -0.483 e. The summed E-state index contributed by atoms with van der Waals surface area (Å²) in [5.74, 6) is 0.527. The molecule has 3 heterocycles. The lowest BCUT2D eigenvalue weighted by molar-refractivity contribution is -0.123. The van der Waals surface area contributed by atoms with Crippen molar-refractivity contribution in [3.63, 3.8) is 0 Å². The Labute approximate surface area is 183 Å². The highest BCUT2D eigenvalue weighted by Gasteiger charge is 2.43. The first-order valence-electron chi connectivity index (χ1n) is 10.6. The summed E-state index contributed by atoms with van der Waals surface area (Å²) in [4.78, 5) is 31.2. The van der Waals surface area contributed by atoms with Crippen molar-refractivity contribution in [1.82, 2.24) is 20.0 Å². The van der Waals surface area contributed by atoms with Gasteiger partial charge in [-0.1, -0.05) is 0 Å². The smallest absolute Gasteiger partial charge is 0.290 e. The fourth-order valence-corrected chi connectivity index (χ4v) is 4.10. The standard InChI is InChI=1S/C19H32N4O2.2CH2O2/c1-4-23-13-17(11-20-23)12-22-7-5-19(6-8-22)10-16(14-25-19)9-18(24)21-15(2)3;2*2-1-3/h11,13,15-16H,4-10,12,14H2,1-3H3,(H,21,24);2*1H,(H,2,3). The molecule has 1 amide bonds. The molecule has 0 aliphatic carbocycles. The summed E-state index contributed by atoms with van der Waals surface area (Å²) in [6.07, 6.45) is 7.87. The summed E-state index contributed by atoms with van der Waals surface area (Å²) in [7, 11) is 0. The Morgan fingerprint density at radius 3 is 2.45 bits per heavy atom. The predicted molar refractivity (Wildman–Crippen MR) is 114 cm³/mol. The van der Waals surface area contributed by atoms with Gasteiger partial charge in [0.1, 0.15) is 0 Å². The molecule has 1 aromatic heterocycles. The third kappa shape index (κ3) is 9.48. The molecule has 10 heteroatoms. The molecule has 10 nitrogen and oxygen atoms in total. The van der Waals surface area contributed by atoms with Gasteiger partial charge in [-0.15, -0.1) is 0 Å². The van der Waals surface area contributed by atoms with Crippen molar-refractivity contribution in [1.29, 1.82) is 0 Å². The summed E-state index contributed by atoms with van der Waals surface area (Å²) in [6, 6.07) is 0.212. The van der Waals surface area contributed by atoms with Crippen molar-refractivity contribution in [3.8, 4) is 0 Å². The topological polar surface area (TPSA) is 134 Å². The van der Waals surface area contributed by atoms with Crippen LogP contribution in [0.4, 0.5) is 0 Å². The predicted octanol–water partition coefficient (Wildman–Crippen LogP) is 1.59. The largest absolute Gasteiger partial charge is 0.483 e. The number of amides is 1. The molecule has 1 atom stereocenters. The van der Waals surface area contributed by atoms with Crippen molar-refractivity contribution in [3.05, 3.63) is 18.0 Å². The van der Waals surface area contributed by atoms with E-state index in [1.165, 1.54) is 5.56 Å². The Hall–Kier alpha value is -2.46. The monoisotopic (exact) mass is 440 g/mol. The summed E-state index contributed by atoms with van der Waals surface area (Å²) in [5.41, 5.74) is 1.29. The maximum absolute atomic E-state index is 12.0. The van der Waals surface area contributed by atoms with Gasteiger partial charge in [0.25, 0.3) is 12.9 Å². The molecular formula is C21H36N4O6. The number of likely N-dealkylation sites (tertiary alicyclic amines) is 1. The molecule has 2 aliphatic rings. The molecule has 2 aliphatic heterocycles. The average Bonchev–Trinajstić information content (AvgIpc) is 3.31. The quantitative estimate of drug-likeness (QED) is 0.568. The lowest BCUT2D eigenvalue weighted by atomic mass is 9.84. The minimum atomic E-state index is -0.250. The second kappa shape index (κ2) is 13.8. The van der Waals surface area contributed by atoms with E-state index in [2.05, 4.69) is 28.4 Å². The highest BCUT2D eigenvalue weighted by molar-refractivity contribution is 5.76. The van der Waals surface area contributed by atoms with Crippen molar-refractivity contribution < 1.29 is 29.3 Å².